The predicted molar refractivity (Wildman–Crippen MR) is 93.3 cm³/mol. The van der Waals surface area contributed by atoms with Gasteiger partial charge in [-0.05, 0) is 92.3 Å². The van der Waals surface area contributed by atoms with E-state index in [1.54, 1.807) is 0 Å². The van der Waals surface area contributed by atoms with Gasteiger partial charge >= 0.3 is 5.97 Å². The number of rotatable bonds is 1. The van der Waals surface area contributed by atoms with Crippen molar-refractivity contribution in [1.29, 1.82) is 0 Å². The molecule has 0 aromatic rings. The number of aliphatic hydroxyl groups is 1. The summed E-state index contributed by atoms with van der Waals surface area (Å²) in [6.45, 7) is 6.43. The second-order valence-electron chi connectivity index (χ2n) is 9.80. The summed E-state index contributed by atoms with van der Waals surface area (Å²) >= 11 is 0. The number of carbonyl (C=O) groups is 1. The molecule has 0 bridgehead atoms. The van der Waals surface area contributed by atoms with E-state index in [1.807, 2.05) is 0 Å². The van der Waals surface area contributed by atoms with Gasteiger partial charge in [0.05, 0.1) is 6.10 Å². The van der Waals surface area contributed by atoms with Gasteiger partial charge in [-0.1, -0.05) is 13.8 Å². The molecule has 0 aromatic carbocycles. The van der Waals surface area contributed by atoms with E-state index in [0.29, 0.717) is 11.3 Å². The SMILES string of the molecule is CC(=O)O[C@H]1CC[C@@]2(C)[C@@H](CC[C@H]3[C@H]2CC[C@]2(C)[C@H](O)CC[C@H]32)C1. The maximum absolute atomic E-state index is 11.3. The highest BCUT2D eigenvalue weighted by Gasteiger charge is 2.60. The third kappa shape index (κ3) is 2.37. The summed E-state index contributed by atoms with van der Waals surface area (Å²) in [5.74, 6) is 2.96. The van der Waals surface area contributed by atoms with Gasteiger partial charge in [0.15, 0.2) is 0 Å². The van der Waals surface area contributed by atoms with Crippen molar-refractivity contribution in [3.05, 3.63) is 0 Å². The Balaban J connectivity index is 1.53. The van der Waals surface area contributed by atoms with Gasteiger partial charge in [-0.2, -0.15) is 0 Å². The monoisotopic (exact) mass is 334 g/mol. The summed E-state index contributed by atoms with van der Waals surface area (Å²) in [5.41, 5.74) is 0.605. The van der Waals surface area contributed by atoms with Crippen LogP contribution in [0.3, 0.4) is 0 Å². The lowest BCUT2D eigenvalue weighted by atomic mass is 9.45. The summed E-state index contributed by atoms with van der Waals surface area (Å²) in [4.78, 5) is 11.3. The van der Waals surface area contributed by atoms with Crippen LogP contribution in [0.4, 0.5) is 0 Å². The van der Waals surface area contributed by atoms with Gasteiger partial charge < -0.3 is 9.84 Å². The summed E-state index contributed by atoms with van der Waals surface area (Å²) in [5, 5.41) is 10.5. The van der Waals surface area contributed by atoms with E-state index in [2.05, 4.69) is 13.8 Å². The standard InChI is InChI=1S/C21H34O3/c1-13(22)24-15-8-10-20(2)14(12-15)4-5-16-17-6-7-19(23)21(17,3)11-9-18(16)20/h14-19,23H,4-12H2,1-3H3/t14-,15-,16+,17+,18+,19+,20-,21-/m0/s1. The summed E-state index contributed by atoms with van der Waals surface area (Å²) < 4.78 is 5.55. The van der Waals surface area contributed by atoms with Crippen LogP contribution in [-0.4, -0.2) is 23.3 Å². The molecule has 3 nitrogen and oxygen atoms in total. The van der Waals surface area contributed by atoms with Gasteiger partial charge in [0.1, 0.15) is 6.10 Å². The third-order valence-electron chi connectivity index (χ3n) is 8.90. The van der Waals surface area contributed by atoms with Crippen LogP contribution in [0.5, 0.6) is 0 Å². The van der Waals surface area contributed by atoms with Gasteiger partial charge in [0.25, 0.3) is 0 Å². The van der Waals surface area contributed by atoms with Crippen molar-refractivity contribution in [1.82, 2.24) is 0 Å². The maximum Gasteiger partial charge on any atom is 0.302 e. The lowest BCUT2D eigenvalue weighted by Crippen LogP contribution is -2.54. The predicted octanol–water partition coefficient (Wildman–Crippen LogP) is 4.32. The molecule has 8 atom stereocenters. The molecular weight excluding hydrogens is 300 g/mol. The number of esters is 1. The first-order chi connectivity index (χ1) is 11.3. The van der Waals surface area contributed by atoms with Gasteiger partial charge in [0, 0.05) is 6.92 Å². The second kappa shape index (κ2) is 5.72. The van der Waals surface area contributed by atoms with Crippen LogP contribution in [-0.2, 0) is 9.53 Å². The van der Waals surface area contributed by atoms with Crippen molar-refractivity contribution < 1.29 is 14.6 Å². The van der Waals surface area contributed by atoms with Crippen LogP contribution < -0.4 is 0 Å². The summed E-state index contributed by atoms with van der Waals surface area (Å²) in [7, 11) is 0. The number of aliphatic hydroxyl groups excluding tert-OH is 1. The van der Waals surface area contributed by atoms with Crippen LogP contribution in [0.2, 0.25) is 0 Å². The Kier molecular flexibility index (Phi) is 4.02. The number of hydrogen-bond donors (Lipinski definition) is 1. The molecule has 0 amide bonds. The van der Waals surface area contributed by atoms with E-state index < -0.39 is 0 Å². The van der Waals surface area contributed by atoms with E-state index in [1.165, 1.54) is 45.4 Å². The fourth-order valence-corrected chi connectivity index (χ4v) is 7.53. The van der Waals surface area contributed by atoms with E-state index in [4.69, 9.17) is 4.74 Å². The fourth-order valence-electron chi connectivity index (χ4n) is 7.53. The number of carbonyl (C=O) groups excluding carboxylic acids is 1. The fraction of sp³-hybridized carbons (Fsp3) is 0.952. The highest BCUT2D eigenvalue weighted by molar-refractivity contribution is 5.66. The minimum absolute atomic E-state index is 0.0753. The van der Waals surface area contributed by atoms with Crippen molar-refractivity contribution in [2.75, 3.05) is 0 Å². The zero-order chi connectivity index (χ0) is 17.1. The Labute approximate surface area is 146 Å². The lowest BCUT2D eigenvalue weighted by molar-refractivity contribution is -0.161. The number of hydrogen-bond acceptors (Lipinski definition) is 3. The second-order valence-corrected chi connectivity index (χ2v) is 9.80. The lowest BCUT2D eigenvalue weighted by Gasteiger charge is -2.60. The molecule has 1 N–H and O–H groups in total. The van der Waals surface area contributed by atoms with Crippen molar-refractivity contribution in [2.45, 2.75) is 90.8 Å². The molecule has 3 heteroatoms. The molecule has 0 spiro atoms. The minimum Gasteiger partial charge on any atom is -0.463 e. The first-order valence-electron chi connectivity index (χ1n) is 10.2. The minimum atomic E-state index is -0.120. The van der Waals surface area contributed by atoms with Crippen LogP contribution in [0.1, 0.15) is 78.6 Å². The molecule has 0 unspecified atom stereocenters. The third-order valence-corrected chi connectivity index (χ3v) is 8.90. The molecule has 0 heterocycles. The highest BCUT2D eigenvalue weighted by atomic mass is 16.5. The van der Waals surface area contributed by atoms with E-state index in [-0.39, 0.29) is 23.6 Å². The molecule has 0 saturated heterocycles. The van der Waals surface area contributed by atoms with Crippen LogP contribution in [0, 0.1) is 34.5 Å². The van der Waals surface area contributed by atoms with Gasteiger partial charge in [0.2, 0.25) is 0 Å². The molecule has 0 aliphatic heterocycles. The Bertz CT molecular complexity index is 517. The van der Waals surface area contributed by atoms with E-state index in [9.17, 15) is 9.90 Å². The van der Waals surface area contributed by atoms with Crippen molar-refractivity contribution in [3.63, 3.8) is 0 Å². The number of ether oxygens (including phenoxy) is 1. The first kappa shape index (κ1) is 16.9. The van der Waals surface area contributed by atoms with Crippen molar-refractivity contribution >= 4 is 5.97 Å². The Morgan fingerprint density at radius 2 is 1.67 bits per heavy atom. The number of fused-ring (bicyclic) bond motifs is 5. The molecule has 136 valence electrons. The summed E-state index contributed by atoms with van der Waals surface area (Å²) in [6, 6.07) is 0. The maximum atomic E-state index is 11.3. The Morgan fingerprint density at radius 1 is 0.958 bits per heavy atom. The first-order valence-corrected chi connectivity index (χ1v) is 10.2. The molecule has 4 saturated carbocycles. The highest BCUT2D eigenvalue weighted by Crippen LogP contribution is 2.66. The molecule has 4 aliphatic rings. The smallest absolute Gasteiger partial charge is 0.302 e. The molecule has 24 heavy (non-hydrogen) atoms. The molecular formula is C21H34O3. The van der Waals surface area contributed by atoms with E-state index in [0.717, 1.165) is 37.0 Å². The molecule has 0 aromatic heterocycles. The van der Waals surface area contributed by atoms with Crippen LogP contribution in [0.15, 0.2) is 0 Å². The van der Waals surface area contributed by atoms with Crippen molar-refractivity contribution in [2.24, 2.45) is 34.5 Å². The zero-order valence-corrected chi connectivity index (χ0v) is 15.6. The van der Waals surface area contributed by atoms with Crippen LogP contribution in [0.25, 0.3) is 0 Å². The van der Waals surface area contributed by atoms with Gasteiger partial charge in [-0.3, -0.25) is 4.79 Å². The van der Waals surface area contributed by atoms with Crippen molar-refractivity contribution in [3.8, 4) is 0 Å². The van der Waals surface area contributed by atoms with Gasteiger partial charge in [-0.25, -0.2) is 0 Å². The van der Waals surface area contributed by atoms with Crippen LogP contribution >= 0.6 is 0 Å². The topological polar surface area (TPSA) is 46.5 Å². The quantitative estimate of drug-likeness (QED) is 0.726. The molecule has 4 rings (SSSR count). The Hall–Kier alpha value is -0.570. The normalized spacial score (nSPS) is 53.7. The van der Waals surface area contributed by atoms with E-state index >= 15 is 0 Å². The average Bonchev–Trinajstić information content (AvgIpc) is 2.83. The average molecular weight is 335 g/mol. The molecule has 4 aliphatic carbocycles. The summed E-state index contributed by atoms with van der Waals surface area (Å²) in [6.07, 6.45) is 10.8. The molecule has 4 fully saturated rings. The zero-order valence-electron chi connectivity index (χ0n) is 15.6. The largest absolute Gasteiger partial charge is 0.463 e. The molecule has 0 radical (unpaired) electrons. The Morgan fingerprint density at radius 3 is 2.42 bits per heavy atom. The van der Waals surface area contributed by atoms with Gasteiger partial charge in [-0.15, -0.1) is 0 Å².